The third-order valence-electron chi connectivity index (χ3n) is 14.9. The lowest BCUT2D eigenvalue weighted by molar-refractivity contribution is -0.167. The summed E-state index contributed by atoms with van der Waals surface area (Å²) in [5.74, 6) is -0.858. The quantitative estimate of drug-likeness (QED) is 0.0261. The fourth-order valence-corrected chi connectivity index (χ4v) is 9.95. The summed E-state index contributed by atoms with van der Waals surface area (Å²) in [5.41, 5.74) is 0. The van der Waals surface area contributed by atoms with Crippen LogP contribution in [0.15, 0.2) is 24.3 Å². The number of esters is 3. The number of unbranched alkanes of at least 4 members (excludes halogenated alkanes) is 46. The van der Waals surface area contributed by atoms with Crippen LogP contribution >= 0.6 is 0 Å². The summed E-state index contributed by atoms with van der Waals surface area (Å²) in [4.78, 5) is 38.1. The summed E-state index contributed by atoms with van der Waals surface area (Å²) in [5, 5.41) is 0. The van der Waals surface area contributed by atoms with E-state index in [-0.39, 0.29) is 31.1 Å². The highest BCUT2D eigenvalue weighted by molar-refractivity contribution is 5.71. The van der Waals surface area contributed by atoms with E-state index in [4.69, 9.17) is 14.2 Å². The van der Waals surface area contributed by atoms with Gasteiger partial charge in [-0.15, -0.1) is 0 Å². The fraction of sp³-hybridized carbons (Fsp3) is 0.896. The number of rotatable bonds is 61. The predicted molar refractivity (Wildman–Crippen MR) is 316 cm³/mol. The highest BCUT2D eigenvalue weighted by Gasteiger charge is 2.19. The minimum atomic E-state index is -0.769. The molecule has 0 rings (SSSR count). The Morgan fingerprint density at radius 2 is 0.466 bits per heavy atom. The van der Waals surface area contributed by atoms with Gasteiger partial charge in [0.05, 0.1) is 0 Å². The van der Waals surface area contributed by atoms with Crippen LogP contribution in [0.1, 0.15) is 367 Å². The Morgan fingerprint density at radius 3 is 0.726 bits per heavy atom. The average molecular weight is 1030 g/mol. The largest absolute Gasteiger partial charge is 0.462 e. The van der Waals surface area contributed by atoms with Gasteiger partial charge >= 0.3 is 17.9 Å². The predicted octanol–water partition coefficient (Wildman–Crippen LogP) is 22.2. The first-order valence-corrected chi connectivity index (χ1v) is 32.8. The smallest absolute Gasteiger partial charge is 0.306 e. The van der Waals surface area contributed by atoms with Gasteiger partial charge in [-0.2, -0.15) is 0 Å². The molecule has 0 saturated heterocycles. The van der Waals surface area contributed by atoms with E-state index in [0.717, 1.165) is 64.2 Å². The Bertz CT molecular complexity index is 1180. The summed E-state index contributed by atoms with van der Waals surface area (Å²) >= 11 is 0. The van der Waals surface area contributed by atoms with E-state index >= 15 is 0 Å². The van der Waals surface area contributed by atoms with E-state index < -0.39 is 6.10 Å². The Labute approximate surface area is 455 Å². The van der Waals surface area contributed by atoms with Gasteiger partial charge in [0.25, 0.3) is 0 Å². The molecule has 6 heteroatoms. The minimum Gasteiger partial charge on any atom is -0.462 e. The van der Waals surface area contributed by atoms with E-state index in [0.29, 0.717) is 19.3 Å². The normalized spacial score (nSPS) is 12.1. The second-order valence-electron chi connectivity index (χ2n) is 22.4. The van der Waals surface area contributed by atoms with Gasteiger partial charge < -0.3 is 14.2 Å². The molecule has 430 valence electrons. The van der Waals surface area contributed by atoms with Crippen molar-refractivity contribution in [3.8, 4) is 0 Å². The minimum absolute atomic E-state index is 0.0691. The van der Waals surface area contributed by atoms with Crippen LogP contribution in [0.25, 0.3) is 0 Å². The molecule has 0 radical (unpaired) electrons. The Kier molecular flexibility index (Phi) is 60.6. The summed E-state index contributed by atoms with van der Waals surface area (Å²) in [6.45, 7) is 6.64. The van der Waals surface area contributed by atoms with Crippen molar-refractivity contribution in [3.63, 3.8) is 0 Å². The lowest BCUT2D eigenvalue weighted by atomic mass is 10.0. The van der Waals surface area contributed by atoms with Crippen LogP contribution in [0.3, 0.4) is 0 Å². The molecule has 0 aliphatic rings. The zero-order chi connectivity index (χ0) is 52.9. The molecule has 1 unspecified atom stereocenters. The molecule has 0 aromatic heterocycles. The third-order valence-corrected chi connectivity index (χ3v) is 14.9. The third kappa shape index (κ3) is 60.6. The molecule has 0 aromatic carbocycles. The number of carbonyl (C=O) groups excluding carboxylic acids is 3. The molecule has 73 heavy (non-hydrogen) atoms. The Hall–Kier alpha value is -2.11. The zero-order valence-electron chi connectivity index (χ0n) is 49.4. The molecule has 0 aliphatic heterocycles. The highest BCUT2D eigenvalue weighted by atomic mass is 16.6. The van der Waals surface area contributed by atoms with Gasteiger partial charge in [-0.3, -0.25) is 14.4 Å². The van der Waals surface area contributed by atoms with Crippen LogP contribution in [0.2, 0.25) is 0 Å². The van der Waals surface area contributed by atoms with Crippen LogP contribution in [-0.4, -0.2) is 37.2 Å². The second-order valence-corrected chi connectivity index (χ2v) is 22.4. The van der Waals surface area contributed by atoms with E-state index in [1.54, 1.807) is 0 Å². The molecule has 0 heterocycles. The van der Waals surface area contributed by atoms with Gasteiger partial charge in [0.1, 0.15) is 13.2 Å². The maximum atomic E-state index is 12.8. The average Bonchev–Trinajstić information content (AvgIpc) is 3.39. The molecule has 0 N–H and O–H groups in total. The van der Waals surface area contributed by atoms with Crippen LogP contribution in [-0.2, 0) is 28.6 Å². The lowest BCUT2D eigenvalue weighted by Crippen LogP contribution is -2.30. The van der Waals surface area contributed by atoms with Gasteiger partial charge in [-0.05, 0) is 64.2 Å². The first-order valence-electron chi connectivity index (χ1n) is 32.8. The van der Waals surface area contributed by atoms with Crippen molar-refractivity contribution in [3.05, 3.63) is 24.3 Å². The van der Waals surface area contributed by atoms with Crippen molar-refractivity contribution in [1.29, 1.82) is 0 Å². The topological polar surface area (TPSA) is 78.9 Å². The molecule has 6 nitrogen and oxygen atoms in total. The highest BCUT2D eigenvalue weighted by Crippen LogP contribution is 2.18. The van der Waals surface area contributed by atoms with Crippen LogP contribution in [0, 0.1) is 0 Å². The first kappa shape index (κ1) is 70.9. The van der Waals surface area contributed by atoms with Crippen molar-refractivity contribution in [2.45, 2.75) is 374 Å². The molecule has 0 saturated carbocycles. The van der Waals surface area contributed by atoms with E-state index in [2.05, 4.69) is 45.1 Å². The number of hydrogen-bond acceptors (Lipinski definition) is 6. The molecule has 0 aromatic rings. The van der Waals surface area contributed by atoms with E-state index in [9.17, 15) is 14.4 Å². The van der Waals surface area contributed by atoms with Gasteiger partial charge in [-0.25, -0.2) is 0 Å². The maximum absolute atomic E-state index is 12.8. The molecule has 0 bridgehead atoms. The van der Waals surface area contributed by atoms with Crippen LogP contribution < -0.4 is 0 Å². The summed E-state index contributed by atoms with van der Waals surface area (Å²) in [7, 11) is 0. The van der Waals surface area contributed by atoms with Crippen molar-refractivity contribution < 1.29 is 28.6 Å². The molecule has 0 fully saturated rings. The maximum Gasteiger partial charge on any atom is 0.306 e. The SMILES string of the molecule is CCCC/C=C\CCCCCCCC(=O)OC(COC(=O)CCCCCCCCCCCCC)COC(=O)CCCCCCCCCCCCCCCCCCCCCCC/C=C\CCCCCCCCCC. The van der Waals surface area contributed by atoms with E-state index in [1.165, 1.54) is 263 Å². The number of hydrogen-bond donors (Lipinski definition) is 0. The number of allylic oxidation sites excluding steroid dienone is 4. The summed E-state index contributed by atoms with van der Waals surface area (Å²) in [6, 6.07) is 0. The fourth-order valence-electron chi connectivity index (χ4n) is 9.95. The Morgan fingerprint density at radius 1 is 0.260 bits per heavy atom. The number of ether oxygens (including phenoxy) is 3. The zero-order valence-corrected chi connectivity index (χ0v) is 49.4. The van der Waals surface area contributed by atoms with Crippen molar-refractivity contribution in [1.82, 2.24) is 0 Å². The molecular formula is C67H126O6. The lowest BCUT2D eigenvalue weighted by Gasteiger charge is -2.18. The molecule has 0 aliphatic carbocycles. The molecule has 1 atom stereocenters. The number of carbonyl (C=O) groups is 3. The second kappa shape index (κ2) is 62.4. The van der Waals surface area contributed by atoms with Crippen LogP contribution in [0.5, 0.6) is 0 Å². The summed E-state index contributed by atoms with van der Waals surface area (Å²) < 4.78 is 16.9. The standard InChI is InChI=1S/C67H126O6/c1-4-7-10-13-16-19-22-23-24-25-26-27-28-29-30-31-32-33-34-35-36-37-38-39-40-41-42-43-46-48-51-54-57-60-66(69)72-63-64(73-67(70)61-58-55-52-49-45-21-18-15-12-9-6-3)62-71-65(68)59-56-53-50-47-44-20-17-14-11-8-5-2/h15,18,25-26,64H,4-14,16-17,19-24,27-63H2,1-3H3/b18-15-,26-25-. The molecular weight excluding hydrogens is 901 g/mol. The van der Waals surface area contributed by atoms with Crippen molar-refractivity contribution >= 4 is 17.9 Å². The van der Waals surface area contributed by atoms with Gasteiger partial charge in [0.2, 0.25) is 0 Å². The summed E-state index contributed by atoms with van der Waals surface area (Å²) in [6.07, 6.45) is 75.1. The van der Waals surface area contributed by atoms with Gasteiger partial charge in [0, 0.05) is 19.3 Å². The van der Waals surface area contributed by atoms with Crippen LogP contribution in [0.4, 0.5) is 0 Å². The van der Waals surface area contributed by atoms with Crippen molar-refractivity contribution in [2.24, 2.45) is 0 Å². The Balaban J connectivity index is 3.96. The van der Waals surface area contributed by atoms with E-state index in [1.807, 2.05) is 0 Å². The molecule has 0 spiro atoms. The van der Waals surface area contributed by atoms with Crippen molar-refractivity contribution in [2.75, 3.05) is 13.2 Å². The monoisotopic (exact) mass is 1030 g/mol. The first-order chi connectivity index (χ1) is 36.0. The van der Waals surface area contributed by atoms with Gasteiger partial charge in [0.15, 0.2) is 6.10 Å². The molecule has 0 amide bonds. The van der Waals surface area contributed by atoms with Gasteiger partial charge in [-0.1, -0.05) is 308 Å².